The van der Waals surface area contributed by atoms with Crippen LogP contribution in [-0.2, 0) is 22.3 Å². The highest BCUT2D eigenvalue weighted by atomic mass is 19.4. The van der Waals surface area contributed by atoms with Crippen LogP contribution in [0.25, 0.3) is 0 Å². The number of carbonyl (C=O) groups is 3. The Bertz CT molecular complexity index is 1470. The number of carbonyl (C=O) groups excluding carboxylic acids is 3. The van der Waals surface area contributed by atoms with Crippen molar-refractivity contribution in [1.29, 1.82) is 0 Å². The van der Waals surface area contributed by atoms with E-state index >= 15 is 0 Å². The smallest absolute Gasteiger partial charge is 0.497 e. The van der Waals surface area contributed by atoms with Crippen molar-refractivity contribution < 1.29 is 41.6 Å². The molecule has 0 radical (unpaired) electrons. The van der Waals surface area contributed by atoms with E-state index in [-0.39, 0.29) is 17.9 Å². The number of hydrogen-bond acceptors (Lipinski definition) is 5. The highest BCUT2D eigenvalue weighted by molar-refractivity contribution is 6.22. The van der Waals surface area contributed by atoms with Crippen molar-refractivity contribution in [2.24, 2.45) is 0 Å². The fourth-order valence-electron chi connectivity index (χ4n) is 4.37. The highest BCUT2D eigenvalue weighted by Crippen LogP contribution is 2.33. The number of anilines is 1. The van der Waals surface area contributed by atoms with Gasteiger partial charge in [-0.2, -0.15) is 27.4 Å². The number of ether oxygens (including phenoxy) is 2. The molecule has 2 aliphatic rings. The molecular weight excluding hydrogens is 503 g/mol. The van der Waals surface area contributed by atoms with Crippen molar-refractivity contribution in [2.75, 3.05) is 19.0 Å². The maximum absolute atomic E-state index is 13.6. The van der Waals surface area contributed by atoms with Gasteiger partial charge in [0.2, 0.25) is 0 Å². The molecular formula is C27H21F3N3O5+. The summed E-state index contributed by atoms with van der Waals surface area (Å²) in [5, 5.41) is 2.41. The summed E-state index contributed by atoms with van der Waals surface area (Å²) < 4.78 is 51.4. The lowest BCUT2D eigenvalue weighted by molar-refractivity contribution is -0.428. The summed E-state index contributed by atoms with van der Waals surface area (Å²) in [6.07, 6.45) is -5.75. The first-order chi connectivity index (χ1) is 18.2. The summed E-state index contributed by atoms with van der Waals surface area (Å²) in [5.74, 6) is -0.357. The van der Waals surface area contributed by atoms with Gasteiger partial charge >= 0.3 is 18.1 Å². The van der Waals surface area contributed by atoms with Crippen molar-refractivity contribution in [2.45, 2.75) is 18.8 Å². The molecule has 38 heavy (non-hydrogen) atoms. The summed E-state index contributed by atoms with van der Waals surface area (Å²) >= 11 is 0. The minimum Gasteiger partial charge on any atom is -0.497 e. The molecule has 2 aliphatic heterocycles. The Balaban J connectivity index is 1.47. The number of alkyl halides is 3. The van der Waals surface area contributed by atoms with Gasteiger partial charge in [0, 0.05) is 5.69 Å². The number of halogens is 3. The lowest BCUT2D eigenvalue weighted by Crippen LogP contribution is -2.58. The molecule has 0 aromatic heterocycles. The van der Waals surface area contributed by atoms with E-state index in [1.54, 1.807) is 48.5 Å². The first kappa shape index (κ1) is 25.0. The molecule has 3 aromatic rings. The molecule has 1 atom stereocenters. The summed E-state index contributed by atoms with van der Waals surface area (Å²) in [6.45, 7) is -0.637. The number of rotatable bonds is 6. The fourth-order valence-corrected chi connectivity index (χ4v) is 4.37. The number of nitrogens with zero attached hydrogens (tertiary/aromatic N) is 2. The van der Waals surface area contributed by atoms with Gasteiger partial charge in [-0.05, 0) is 48.0 Å². The van der Waals surface area contributed by atoms with Gasteiger partial charge in [0.15, 0.2) is 12.3 Å². The maximum atomic E-state index is 13.6. The lowest BCUT2D eigenvalue weighted by atomic mass is 10.0. The van der Waals surface area contributed by atoms with E-state index in [1.165, 1.54) is 19.2 Å². The van der Waals surface area contributed by atoms with Crippen LogP contribution in [0, 0.1) is 0 Å². The van der Waals surface area contributed by atoms with E-state index in [2.05, 4.69) is 5.32 Å². The summed E-state index contributed by atoms with van der Waals surface area (Å²) in [5.41, 5.74) is 0.328. The molecule has 0 saturated heterocycles. The Kier molecular flexibility index (Phi) is 6.35. The first-order valence-electron chi connectivity index (χ1n) is 11.5. The molecule has 8 nitrogen and oxygen atoms in total. The number of nitrogens with one attached hydrogen (secondary N) is 1. The van der Waals surface area contributed by atoms with Gasteiger partial charge in [0.05, 0.1) is 18.2 Å². The van der Waals surface area contributed by atoms with Crippen LogP contribution < -0.4 is 14.8 Å². The third kappa shape index (κ3) is 4.70. The van der Waals surface area contributed by atoms with Gasteiger partial charge in [-0.15, -0.1) is 0 Å². The lowest BCUT2D eigenvalue weighted by Gasteiger charge is -2.24. The standard InChI is InChI=1S/C27H20F3N3O5/c1-37-19-11-9-16(10-12-19)14-33-25(35)24-23(20-7-2-3-8-21(20)38-24)32(26(33)36)15-22(34)31-18-6-4-5-17(13-18)27(28,29)30/h2-13,24H,14-15H2,1H3/p+1. The summed E-state index contributed by atoms with van der Waals surface area (Å²) in [4.78, 5) is 40.9. The Hall–Kier alpha value is -4.67. The van der Waals surface area contributed by atoms with Crippen molar-refractivity contribution in [3.05, 3.63) is 89.5 Å². The quantitative estimate of drug-likeness (QED) is 0.491. The van der Waals surface area contributed by atoms with Crippen LogP contribution in [0.5, 0.6) is 11.5 Å². The molecule has 194 valence electrons. The molecule has 3 aromatic carbocycles. The molecule has 5 rings (SSSR count). The summed E-state index contributed by atoms with van der Waals surface area (Å²) in [6, 6.07) is 16.9. The molecule has 11 heteroatoms. The van der Waals surface area contributed by atoms with E-state index in [1.807, 2.05) is 0 Å². The van der Waals surface area contributed by atoms with Gasteiger partial charge in [0.25, 0.3) is 12.0 Å². The molecule has 0 fully saturated rings. The fraction of sp³-hybridized carbons (Fsp3) is 0.185. The van der Waals surface area contributed by atoms with Crippen molar-refractivity contribution in [1.82, 2.24) is 4.90 Å². The zero-order valence-corrected chi connectivity index (χ0v) is 20.0. The second-order valence-electron chi connectivity index (χ2n) is 8.65. The van der Waals surface area contributed by atoms with Crippen LogP contribution in [0.3, 0.4) is 0 Å². The molecule has 0 bridgehead atoms. The molecule has 0 spiro atoms. The Morgan fingerprint density at radius 1 is 1.05 bits per heavy atom. The molecule has 4 amide bonds. The average molecular weight is 524 g/mol. The number of urea groups is 1. The van der Waals surface area contributed by atoms with Crippen LogP contribution >= 0.6 is 0 Å². The minimum absolute atomic E-state index is 0.0786. The van der Waals surface area contributed by atoms with Crippen LogP contribution in [0.15, 0.2) is 72.8 Å². The second kappa shape index (κ2) is 9.66. The van der Waals surface area contributed by atoms with E-state index in [0.29, 0.717) is 22.6 Å². The van der Waals surface area contributed by atoms with Crippen LogP contribution in [-0.4, -0.2) is 52.8 Å². The van der Waals surface area contributed by atoms with E-state index in [0.717, 1.165) is 21.6 Å². The van der Waals surface area contributed by atoms with Gasteiger partial charge in [-0.1, -0.05) is 30.3 Å². The van der Waals surface area contributed by atoms with Crippen LogP contribution in [0.1, 0.15) is 16.7 Å². The molecule has 1 N–H and O–H groups in total. The Morgan fingerprint density at radius 3 is 2.50 bits per heavy atom. The third-order valence-corrected chi connectivity index (χ3v) is 6.17. The minimum atomic E-state index is -4.58. The van der Waals surface area contributed by atoms with Crippen molar-refractivity contribution in [3.63, 3.8) is 0 Å². The Morgan fingerprint density at radius 2 is 1.79 bits per heavy atom. The second-order valence-corrected chi connectivity index (χ2v) is 8.65. The molecule has 2 heterocycles. The predicted octanol–water partition coefficient (Wildman–Crippen LogP) is 4.08. The normalized spacial score (nSPS) is 16.6. The van der Waals surface area contributed by atoms with E-state index in [9.17, 15) is 27.6 Å². The average Bonchev–Trinajstić information content (AvgIpc) is 3.29. The number of benzene rings is 3. The number of hydrogen-bond donors (Lipinski definition) is 1. The zero-order valence-electron chi connectivity index (χ0n) is 20.0. The van der Waals surface area contributed by atoms with Crippen molar-refractivity contribution in [3.8, 4) is 11.5 Å². The molecule has 0 saturated carbocycles. The van der Waals surface area contributed by atoms with E-state index in [4.69, 9.17) is 9.47 Å². The predicted molar refractivity (Wildman–Crippen MR) is 129 cm³/mol. The monoisotopic (exact) mass is 524 g/mol. The Labute approximate surface area is 214 Å². The largest absolute Gasteiger partial charge is 0.501 e. The third-order valence-electron chi connectivity index (χ3n) is 6.17. The van der Waals surface area contributed by atoms with Gasteiger partial charge in [-0.3, -0.25) is 4.79 Å². The van der Waals surface area contributed by atoms with Gasteiger partial charge < -0.3 is 14.8 Å². The topological polar surface area (TPSA) is 87.9 Å². The molecule has 1 unspecified atom stereocenters. The zero-order chi connectivity index (χ0) is 27.0. The van der Waals surface area contributed by atoms with Crippen molar-refractivity contribution >= 4 is 29.2 Å². The van der Waals surface area contributed by atoms with Gasteiger partial charge in [0.1, 0.15) is 18.0 Å². The number of amides is 4. The summed E-state index contributed by atoms with van der Waals surface area (Å²) in [7, 11) is 1.52. The van der Waals surface area contributed by atoms with E-state index < -0.39 is 42.2 Å². The maximum Gasteiger partial charge on any atom is 0.501 e. The number of para-hydroxylation sites is 1. The molecule has 0 aliphatic carbocycles. The SMILES string of the molecule is COc1ccc(CN2C(=O)C3Oc4ccccc4C3=[N+](CC(=O)Nc3cccc(C(F)(F)F)c3)C2=O)cc1. The highest BCUT2D eigenvalue weighted by Gasteiger charge is 2.54. The van der Waals surface area contributed by atoms with Crippen LogP contribution in [0.2, 0.25) is 0 Å². The van der Waals surface area contributed by atoms with Crippen LogP contribution in [0.4, 0.5) is 23.7 Å². The number of imide groups is 1. The van der Waals surface area contributed by atoms with Gasteiger partial charge in [-0.25, -0.2) is 4.79 Å². The number of fused-ring (bicyclic) bond motifs is 3. The first-order valence-corrected chi connectivity index (χ1v) is 11.5. The number of methoxy groups -OCH3 is 1.